The van der Waals surface area contributed by atoms with Crippen LogP contribution in [0.2, 0.25) is 0 Å². The number of hydrogen-bond acceptors (Lipinski definition) is 2. The molecule has 1 aliphatic carbocycles. The lowest BCUT2D eigenvalue weighted by atomic mass is 9.95. The van der Waals surface area contributed by atoms with E-state index >= 15 is 0 Å². The van der Waals surface area contributed by atoms with E-state index in [4.69, 9.17) is 0 Å². The van der Waals surface area contributed by atoms with Gasteiger partial charge in [-0.1, -0.05) is 24.3 Å². The molecule has 0 fully saturated rings. The maximum absolute atomic E-state index is 12.5. The van der Waals surface area contributed by atoms with Crippen molar-refractivity contribution in [2.75, 3.05) is 0 Å². The molecule has 18 heavy (non-hydrogen) atoms. The highest BCUT2D eigenvalue weighted by molar-refractivity contribution is 5.80. The Morgan fingerprint density at radius 2 is 1.28 bits per heavy atom. The molecule has 3 aliphatic rings. The molecule has 4 heteroatoms. The maximum Gasteiger partial charge on any atom is 0.273 e. The fraction of sp³-hybridized carbons (Fsp3) is 0.286. The van der Waals surface area contributed by atoms with E-state index in [0.29, 0.717) is 10.8 Å². The van der Waals surface area contributed by atoms with Crippen LogP contribution in [0, 0.1) is 0 Å². The molecule has 2 aliphatic heterocycles. The van der Waals surface area contributed by atoms with E-state index in [1.165, 1.54) is 0 Å². The molecule has 0 saturated carbocycles. The first-order chi connectivity index (χ1) is 8.77. The summed E-state index contributed by atoms with van der Waals surface area (Å²) in [6.07, 6.45) is 5.98. The highest BCUT2D eigenvalue weighted by atomic mass is 16.2. The zero-order valence-electron chi connectivity index (χ0n) is 9.74. The summed E-state index contributed by atoms with van der Waals surface area (Å²) in [5.74, 6) is 0. The molecule has 0 radical (unpaired) electrons. The average Bonchev–Trinajstić information content (AvgIpc) is 2.45. The fourth-order valence-corrected chi connectivity index (χ4v) is 3.12. The number of benzene rings is 1. The summed E-state index contributed by atoms with van der Waals surface area (Å²) in [4.78, 5) is 25.0. The van der Waals surface area contributed by atoms with Gasteiger partial charge in [0.15, 0.2) is 0 Å². The van der Waals surface area contributed by atoms with Gasteiger partial charge in [-0.3, -0.25) is 9.59 Å². The molecule has 1 aromatic heterocycles. The van der Waals surface area contributed by atoms with Crippen molar-refractivity contribution in [2.24, 2.45) is 0 Å². The molecule has 2 bridgehead atoms. The van der Waals surface area contributed by atoms with Crippen LogP contribution in [0.25, 0.3) is 10.8 Å². The molecule has 4 nitrogen and oxygen atoms in total. The van der Waals surface area contributed by atoms with Crippen molar-refractivity contribution >= 4 is 10.8 Å². The Morgan fingerprint density at radius 1 is 0.833 bits per heavy atom. The second-order valence-electron chi connectivity index (χ2n) is 4.94. The highest BCUT2D eigenvalue weighted by Crippen LogP contribution is 2.33. The van der Waals surface area contributed by atoms with E-state index < -0.39 is 0 Å². The van der Waals surface area contributed by atoms with E-state index in [9.17, 15) is 9.59 Å². The van der Waals surface area contributed by atoms with Crippen LogP contribution in [-0.4, -0.2) is 9.36 Å². The number of fused-ring (bicyclic) bond motifs is 2. The van der Waals surface area contributed by atoms with Crippen LogP contribution >= 0.6 is 0 Å². The molecule has 1 aromatic carbocycles. The predicted octanol–water partition coefficient (Wildman–Crippen LogP) is 1.61. The SMILES string of the molecule is O=c1c2ccccc2c(=O)n2n1[C@@H]1C=C[C@H]2CC1. The van der Waals surface area contributed by atoms with E-state index in [1.807, 2.05) is 12.2 Å². The van der Waals surface area contributed by atoms with Gasteiger partial charge >= 0.3 is 0 Å². The van der Waals surface area contributed by atoms with Gasteiger partial charge in [0.1, 0.15) is 0 Å². The van der Waals surface area contributed by atoms with Crippen molar-refractivity contribution in [3.05, 3.63) is 57.1 Å². The summed E-state index contributed by atoms with van der Waals surface area (Å²) in [6.45, 7) is 0. The predicted molar refractivity (Wildman–Crippen MR) is 68.9 cm³/mol. The van der Waals surface area contributed by atoms with Crippen molar-refractivity contribution in [3.63, 3.8) is 0 Å². The number of aromatic nitrogens is 2. The third-order valence-corrected chi connectivity index (χ3v) is 3.98. The molecule has 2 atom stereocenters. The lowest BCUT2D eigenvalue weighted by Gasteiger charge is -2.36. The van der Waals surface area contributed by atoms with Gasteiger partial charge in [0.2, 0.25) is 0 Å². The summed E-state index contributed by atoms with van der Waals surface area (Å²) in [7, 11) is 0. The number of nitrogens with zero attached hydrogens (tertiary/aromatic N) is 2. The molecule has 0 spiro atoms. The lowest BCUT2D eigenvalue weighted by molar-refractivity contribution is 0.249. The summed E-state index contributed by atoms with van der Waals surface area (Å²) in [6, 6.07) is 7.16. The van der Waals surface area contributed by atoms with Crippen LogP contribution < -0.4 is 11.1 Å². The van der Waals surface area contributed by atoms with Crippen LogP contribution in [0.4, 0.5) is 0 Å². The smallest absolute Gasteiger partial charge is 0.267 e. The molecule has 0 amide bonds. The topological polar surface area (TPSA) is 44.0 Å². The molecule has 0 unspecified atom stereocenters. The molecule has 2 aromatic rings. The first-order valence-electron chi connectivity index (χ1n) is 6.22. The van der Waals surface area contributed by atoms with Gasteiger partial charge < -0.3 is 0 Å². The van der Waals surface area contributed by atoms with Crippen LogP contribution in [0.3, 0.4) is 0 Å². The van der Waals surface area contributed by atoms with Gasteiger partial charge in [-0.2, -0.15) is 0 Å². The molecule has 90 valence electrons. The van der Waals surface area contributed by atoms with Crippen LogP contribution in [0.15, 0.2) is 46.0 Å². The molecule has 5 rings (SSSR count). The van der Waals surface area contributed by atoms with E-state index in [1.54, 1.807) is 33.6 Å². The third kappa shape index (κ3) is 1.05. The minimum atomic E-state index is -0.0516. The minimum Gasteiger partial charge on any atom is -0.267 e. The normalized spacial score (nSPS) is 24.4. The van der Waals surface area contributed by atoms with Gasteiger partial charge in [-0.15, -0.1) is 0 Å². The number of rotatable bonds is 0. The van der Waals surface area contributed by atoms with E-state index in [-0.39, 0.29) is 23.2 Å². The summed E-state index contributed by atoms with van der Waals surface area (Å²) < 4.78 is 3.28. The van der Waals surface area contributed by atoms with Crippen molar-refractivity contribution in [2.45, 2.75) is 24.9 Å². The fourth-order valence-electron chi connectivity index (χ4n) is 3.12. The van der Waals surface area contributed by atoms with Crippen LogP contribution in [0.5, 0.6) is 0 Å². The summed E-state index contributed by atoms with van der Waals surface area (Å²) in [5, 5.41) is 1.06. The Morgan fingerprint density at radius 3 is 1.67 bits per heavy atom. The highest BCUT2D eigenvalue weighted by Gasteiger charge is 2.30. The Labute approximate surface area is 103 Å². The van der Waals surface area contributed by atoms with Gasteiger partial charge in [-0.25, -0.2) is 9.36 Å². The van der Waals surface area contributed by atoms with Crippen LogP contribution in [-0.2, 0) is 0 Å². The van der Waals surface area contributed by atoms with Gasteiger partial charge in [0.05, 0.1) is 22.9 Å². The first kappa shape index (κ1) is 9.88. The average molecular weight is 240 g/mol. The molecule has 0 saturated heterocycles. The van der Waals surface area contributed by atoms with E-state index in [2.05, 4.69) is 0 Å². The first-order valence-corrected chi connectivity index (χ1v) is 6.22. The van der Waals surface area contributed by atoms with Crippen molar-refractivity contribution in [3.8, 4) is 0 Å². The summed E-state index contributed by atoms with van der Waals surface area (Å²) in [5.41, 5.74) is -0.103. The Hall–Kier alpha value is -2.10. The third-order valence-electron chi connectivity index (χ3n) is 3.98. The van der Waals surface area contributed by atoms with Gasteiger partial charge in [-0.05, 0) is 25.0 Å². The Balaban J connectivity index is 2.26. The van der Waals surface area contributed by atoms with Crippen LogP contribution in [0.1, 0.15) is 24.9 Å². The molecule has 0 N–H and O–H groups in total. The number of hydrogen-bond donors (Lipinski definition) is 0. The second-order valence-corrected chi connectivity index (χ2v) is 4.94. The van der Waals surface area contributed by atoms with E-state index in [0.717, 1.165) is 12.8 Å². The summed E-state index contributed by atoms with van der Waals surface area (Å²) >= 11 is 0. The second kappa shape index (κ2) is 3.22. The molecular weight excluding hydrogens is 228 g/mol. The lowest BCUT2D eigenvalue weighted by Crippen LogP contribution is -2.46. The van der Waals surface area contributed by atoms with Gasteiger partial charge in [0.25, 0.3) is 11.1 Å². The minimum absolute atomic E-state index is 0.0415. The maximum atomic E-state index is 12.5. The zero-order valence-corrected chi connectivity index (χ0v) is 9.74. The standard InChI is InChI=1S/C14H12N2O2/c17-13-11-3-1-2-4-12(11)14(18)16-10-7-5-9(6-8-10)15(13)16/h1-5,7,9-10H,6,8H2/t9-,10+. The van der Waals surface area contributed by atoms with Crippen molar-refractivity contribution in [1.82, 2.24) is 9.36 Å². The zero-order chi connectivity index (χ0) is 12.3. The van der Waals surface area contributed by atoms with Gasteiger partial charge in [0, 0.05) is 0 Å². The number of allylic oxidation sites excluding steroid dienone is 2. The van der Waals surface area contributed by atoms with Crippen molar-refractivity contribution in [1.29, 1.82) is 0 Å². The Bertz CT molecular complexity index is 731. The molecular formula is C14H12N2O2. The quantitative estimate of drug-likeness (QED) is 0.657. The van der Waals surface area contributed by atoms with Crippen molar-refractivity contribution < 1.29 is 0 Å². The monoisotopic (exact) mass is 240 g/mol. The molecule has 3 heterocycles. The largest absolute Gasteiger partial charge is 0.273 e. The Kier molecular flexibility index (Phi) is 1.77.